The van der Waals surface area contributed by atoms with E-state index < -0.39 is 23.4 Å². The monoisotopic (exact) mass is 409 g/mol. The molecule has 1 aromatic heterocycles. The number of esters is 1. The number of amides is 1. The maximum absolute atomic E-state index is 12.4. The minimum Gasteiger partial charge on any atom is -0.467 e. The lowest BCUT2D eigenvalue weighted by atomic mass is 10.1. The van der Waals surface area contributed by atoms with Gasteiger partial charge in [0.1, 0.15) is 5.76 Å². The van der Waals surface area contributed by atoms with E-state index in [0.29, 0.717) is 23.6 Å². The third-order valence-corrected chi connectivity index (χ3v) is 4.22. The molecule has 0 aliphatic rings. The summed E-state index contributed by atoms with van der Waals surface area (Å²) >= 11 is 0. The van der Waals surface area contributed by atoms with Gasteiger partial charge in [-0.2, -0.15) is 0 Å². The maximum Gasteiger partial charge on any atom is 0.340 e. The molecule has 2 aromatic carbocycles. The fourth-order valence-electron chi connectivity index (χ4n) is 2.66. The normalized spacial score (nSPS) is 10.3. The first-order valence-corrected chi connectivity index (χ1v) is 9.01. The lowest BCUT2D eigenvalue weighted by Crippen LogP contribution is -2.22. The van der Waals surface area contributed by atoms with Crippen molar-refractivity contribution in [2.45, 2.75) is 13.5 Å². The summed E-state index contributed by atoms with van der Waals surface area (Å²) in [5, 5.41) is 16.5. The second-order valence-electron chi connectivity index (χ2n) is 6.36. The Bertz CT molecular complexity index is 1060. The predicted octanol–water partition coefficient (Wildman–Crippen LogP) is 3.90. The van der Waals surface area contributed by atoms with Gasteiger partial charge in [0.15, 0.2) is 6.61 Å². The molecular weight excluding hydrogens is 390 g/mol. The van der Waals surface area contributed by atoms with Gasteiger partial charge in [-0.05, 0) is 36.8 Å². The number of aryl methyl sites for hydroxylation is 1. The SMILES string of the molecule is Cc1ccc([N+](=O)[O-])cc1NC(=O)COC(=O)c1ccccc1NCc1ccco1. The van der Waals surface area contributed by atoms with E-state index in [1.807, 2.05) is 0 Å². The highest BCUT2D eigenvalue weighted by atomic mass is 16.6. The van der Waals surface area contributed by atoms with Crippen LogP contribution in [0.1, 0.15) is 21.7 Å². The summed E-state index contributed by atoms with van der Waals surface area (Å²) in [7, 11) is 0. The second-order valence-corrected chi connectivity index (χ2v) is 6.36. The van der Waals surface area contributed by atoms with E-state index in [-0.39, 0.29) is 16.9 Å². The molecule has 3 rings (SSSR count). The lowest BCUT2D eigenvalue weighted by molar-refractivity contribution is -0.384. The Kier molecular flexibility index (Phi) is 6.43. The number of nitrogens with one attached hydrogen (secondary N) is 2. The number of carbonyl (C=O) groups is 2. The Morgan fingerprint density at radius 1 is 1.10 bits per heavy atom. The fraction of sp³-hybridized carbons (Fsp3) is 0.143. The van der Waals surface area contributed by atoms with Crippen LogP contribution >= 0.6 is 0 Å². The zero-order valence-electron chi connectivity index (χ0n) is 16.1. The Morgan fingerprint density at radius 3 is 2.63 bits per heavy atom. The summed E-state index contributed by atoms with van der Waals surface area (Å²) < 4.78 is 10.4. The van der Waals surface area contributed by atoms with E-state index in [0.717, 1.165) is 0 Å². The third-order valence-electron chi connectivity index (χ3n) is 4.22. The number of nitro groups is 1. The molecule has 154 valence electrons. The summed E-state index contributed by atoms with van der Waals surface area (Å²) in [5.74, 6) is -0.582. The van der Waals surface area contributed by atoms with E-state index in [1.165, 1.54) is 18.2 Å². The van der Waals surface area contributed by atoms with Crippen LogP contribution in [0.25, 0.3) is 0 Å². The lowest BCUT2D eigenvalue weighted by Gasteiger charge is -2.12. The van der Waals surface area contributed by atoms with Gasteiger partial charge in [0, 0.05) is 17.8 Å². The third kappa shape index (κ3) is 5.22. The van der Waals surface area contributed by atoms with Crippen molar-refractivity contribution in [3.63, 3.8) is 0 Å². The smallest absolute Gasteiger partial charge is 0.340 e. The molecule has 0 aliphatic carbocycles. The Morgan fingerprint density at radius 2 is 1.90 bits per heavy atom. The van der Waals surface area contributed by atoms with Crippen molar-refractivity contribution in [2.24, 2.45) is 0 Å². The van der Waals surface area contributed by atoms with Crippen LogP contribution in [0, 0.1) is 17.0 Å². The molecule has 30 heavy (non-hydrogen) atoms. The number of nitrogens with zero attached hydrogens (tertiary/aromatic N) is 1. The van der Waals surface area contributed by atoms with Crippen LogP contribution in [-0.4, -0.2) is 23.4 Å². The number of non-ortho nitro benzene ring substituents is 1. The van der Waals surface area contributed by atoms with Crippen molar-refractivity contribution < 1.29 is 23.7 Å². The number of hydrogen-bond acceptors (Lipinski definition) is 7. The Hall–Kier alpha value is -4.14. The molecule has 0 saturated heterocycles. The maximum atomic E-state index is 12.4. The highest BCUT2D eigenvalue weighted by molar-refractivity contribution is 5.98. The van der Waals surface area contributed by atoms with Gasteiger partial charge in [-0.3, -0.25) is 14.9 Å². The van der Waals surface area contributed by atoms with Gasteiger partial charge in [-0.15, -0.1) is 0 Å². The van der Waals surface area contributed by atoms with E-state index >= 15 is 0 Å². The molecule has 0 bridgehead atoms. The van der Waals surface area contributed by atoms with Gasteiger partial charge in [-0.1, -0.05) is 18.2 Å². The average molecular weight is 409 g/mol. The first-order valence-electron chi connectivity index (χ1n) is 9.01. The molecule has 0 fully saturated rings. The minimum atomic E-state index is -0.677. The van der Waals surface area contributed by atoms with Crippen molar-refractivity contribution in [2.75, 3.05) is 17.2 Å². The summed E-state index contributed by atoms with van der Waals surface area (Å²) in [6.45, 7) is 1.55. The van der Waals surface area contributed by atoms with Gasteiger partial charge < -0.3 is 19.8 Å². The number of ether oxygens (including phenoxy) is 1. The number of rotatable bonds is 8. The molecule has 0 saturated carbocycles. The molecule has 1 amide bonds. The summed E-state index contributed by atoms with van der Waals surface area (Å²) in [6.07, 6.45) is 1.55. The fourth-order valence-corrected chi connectivity index (χ4v) is 2.66. The first-order chi connectivity index (χ1) is 14.4. The zero-order valence-corrected chi connectivity index (χ0v) is 16.1. The van der Waals surface area contributed by atoms with Crippen molar-refractivity contribution in [3.8, 4) is 0 Å². The Balaban J connectivity index is 1.60. The van der Waals surface area contributed by atoms with E-state index in [9.17, 15) is 19.7 Å². The number of para-hydroxylation sites is 1. The number of carbonyl (C=O) groups excluding carboxylic acids is 2. The minimum absolute atomic E-state index is 0.149. The molecule has 9 nitrogen and oxygen atoms in total. The molecule has 0 spiro atoms. The quantitative estimate of drug-likeness (QED) is 0.328. The van der Waals surface area contributed by atoms with Gasteiger partial charge in [-0.25, -0.2) is 4.79 Å². The Labute approximate surface area is 171 Å². The van der Waals surface area contributed by atoms with Crippen LogP contribution in [0.15, 0.2) is 65.3 Å². The van der Waals surface area contributed by atoms with E-state index in [1.54, 1.807) is 49.6 Å². The standard InChI is InChI=1S/C21H19N3O6/c1-14-8-9-15(24(27)28)11-19(14)23-20(25)13-30-21(26)17-6-2-3-7-18(17)22-12-16-5-4-10-29-16/h2-11,22H,12-13H2,1H3,(H,23,25). The van der Waals surface area contributed by atoms with Crippen LogP contribution < -0.4 is 10.6 Å². The van der Waals surface area contributed by atoms with Gasteiger partial charge >= 0.3 is 5.97 Å². The molecule has 0 radical (unpaired) electrons. The molecule has 0 aliphatic heterocycles. The van der Waals surface area contributed by atoms with Gasteiger partial charge in [0.2, 0.25) is 0 Å². The van der Waals surface area contributed by atoms with Crippen molar-refractivity contribution in [3.05, 3.63) is 87.9 Å². The first kappa shape index (κ1) is 20.6. The highest BCUT2D eigenvalue weighted by Gasteiger charge is 2.16. The van der Waals surface area contributed by atoms with Crippen LogP contribution in [0.3, 0.4) is 0 Å². The van der Waals surface area contributed by atoms with Crippen molar-refractivity contribution >= 4 is 28.9 Å². The topological polar surface area (TPSA) is 124 Å². The van der Waals surface area contributed by atoms with Crippen LogP contribution in [0.5, 0.6) is 0 Å². The number of anilines is 2. The van der Waals surface area contributed by atoms with Crippen molar-refractivity contribution in [1.29, 1.82) is 0 Å². The molecule has 9 heteroatoms. The second kappa shape index (κ2) is 9.37. The van der Waals surface area contributed by atoms with E-state index in [4.69, 9.17) is 9.15 Å². The highest BCUT2D eigenvalue weighted by Crippen LogP contribution is 2.22. The molecule has 0 unspecified atom stereocenters. The predicted molar refractivity (Wildman–Crippen MR) is 109 cm³/mol. The van der Waals surface area contributed by atoms with Gasteiger partial charge in [0.05, 0.1) is 29.0 Å². The van der Waals surface area contributed by atoms with Crippen molar-refractivity contribution in [1.82, 2.24) is 0 Å². The van der Waals surface area contributed by atoms with E-state index in [2.05, 4.69) is 10.6 Å². The molecule has 2 N–H and O–H groups in total. The zero-order chi connectivity index (χ0) is 21.5. The van der Waals surface area contributed by atoms with Crippen LogP contribution in [0.2, 0.25) is 0 Å². The summed E-state index contributed by atoms with van der Waals surface area (Å²) in [5.41, 5.74) is 1.58. The van der Waals surface area contributed by atoms with Crippen LogP contribution in [-0.2, 0) is 16.1 Å². The number of nitro benzene ring substituents is 1. The molecular formula is C21H19N3O6. The number of hydrogen-bond donors (Lipinski definition) is 2. The van der Waals surface area contributed by atoms with Gasteiger partial charge in [0.25, 0.3) is 11.6 Å². The summed E-state index contributed by atoms with van der Waals surface area (Å²) in [6, 6.07) is 14.4. The summed E-state index contributed by atoms with van der Waals surface area (Å²) in [4.78, 5) is 34.9. The number of benzene rings is 2. The largest absolute Gasteiger partial charge is 0.467 e. The molecule has 3 aromatic rings. The molecule has 0 atom stereocenters. The molecule has 1 heterocycles. The number of furan rings is 1. The average Bonchev–Trinajstić information content (AvgIpc) is 3.26. The van der Waals surface area contributed by atoms with Crippen LogP contribution in [0.4, 0.5) is 17.1 Å².